The van der Waals surface area contributed by atoms with E-state index in [1.165, 1.54) is 0 Å². The first-order chi connectivity index (χ1) is 5.27. The van der Waals surface area contributed by atoms with Crippen molar-refractivity contribution in [2.24, 2.45) is 5.73 Å². The first-order valence-electron chi connectivity index (χ1n) is 3.60. The van der Waals surface area contributed by atoms with E-state index in [0.29, 0.717) is 5.76 Å². The topological polar surface area (TPSA) is 56.2 Å². The Bertz CT molecular complexity index is 252. The van der Waals surface area contributed by atoms with Crippen molar-refractivity contribution >= 4 is 5.78 Å². The van der Waals surface area contributed by atoms with Crippen molar-refractivity contribution in [3.05, 3.63) is 23.7 Å². The molecule has 0 spiro atoms. The van der Waals surface area contributed by atoms with Crippen LogP contribution in [0.3, 0.4) is 0 Å². The van der Waals surface area contributed by atoms with Crippen LogP contribution in [0.1, 0.15) is 23.2 Å². The number of hydrogen-bond donors (Lipinski definition) is 1. The Labute approximate surface area is 65.2 Å². The lowest BCUT2D eigenvalue weighted by Crippen LogP contribution is -2.12. The number of nitrogens with two attached hydrogens (primary N) is 1. The molecule has 0 amide bonds. The maximum absolute atomic E-state index is 10.9. The van der Waals surface area contributed by atoms with Gasteiger partial charge in [0.2, 0.25) is 5.78 Å². The van der Waals surface area contributed by atoms with Gasteiger partial charge in [0.25, 0.3) is 0 Å². The van der Waals surface area contributed by atoms with E-state index in [-0.39, 0.29) is 12.3 Å². The molecule has 0 aromatic carbocycles. The molecule has 1 aromatic rings. The van der Waals surface area contributed by atoms with Gasteiger partial charge in [-0.1, -0.05) is 6.92 Å². The molecule has 60 valence electrons. The molecular formula is C8H11NO2. The Balaban J connectivity index is 2.80. The van der Waals surface area contributed by atoms with Gasteiger partial charge in [-0.05, 0) is 12.1 Å². The average molecular weight is 153 g/mol. The van der Waals surface area contributed by atoms with Gasteiger partial charge in [0.1, 0.15) is 5.76 Å². The number of Topliss-reactive ketones (excluding diaryl/α,β-unsaturated/α-hetero) is 1. The smallest absolute Gasteiger partial charge is 0.211 e. The molecule has 0 aliphatic heterocycles. The van der Waals surface area contributed by atoms with Crippen molar-refractivity contribution in [2.45, 2.75) is 13.3 Å². The van der Waals surface area contributed by atoms with Crippen LogP contribution in [-0.2, 0) is 6.42 Å². The molecule has 0 aliphatic carbocycles. The minimum Gasteiger partial charge on any atom is -0.458 e. The zero-order chi connectivity index (χ0) is 8.27. The zero-order valence-electron chi connectivity index (χ0n) is 6.46. The summed E-state index contributed by atoms with van der Waals surface area (Å²) in [5.74, 6) is 1.04. The van der Waals surface area contributed by atoms with E-state index >= 15 is 0 Å². The summed E-state index contributed by atoms with van der Waals surface area (Å²) >= 11 is 0. The van der Waals surface area contributed by atoms with Crippen molar-refractivity contribution < 1.29 is 9.21 Å². The van der Waals surface area contributed by atoms with Crippen LogP contribution in [-0.4, -0.2) is 12.3 Å². The molecule has 0 saturated carbocycles. The molecule has 0 aliphatic rings. The van der Waals surface area contributed by atoms with E-state index in [4.69, 9.17) is 10.2 Å². The third kappa shape index (κ3) is 1.68. The third-order valence-corrected chi connectivity index (χ3v) is 1.47. The molecule has 0 saturated heterocycles. The number of ketones is 1. The zero-order valence-corrected chi connectivity index (χ0v) is 6.46. The lowest BCUT2D eigenvalue weighted by atomic mass is 10.3. The van der Waals surface area contributed by atoms with Crippen molar-refractivity contribution in [1.82, 2.24) is 0 Å². The first-order valence-corrected chi connectivity index (χ1v) is 3.60. The number of aryl methyl sites for hydroxylation is 1. The van der Waals surface area contributed by atoms with E-state index in [9.17, 15) is 4.79 Å². The quantitative estimate of drug-likeness (QED) is 0.658. The van der Waals surface area contributed by atoms with Crippen LogP contribution in [0.5, 0.6) is 0 Å². The predicted molar refractivity (Wildman–Crippen MR) is 41.5 cm³/mol. The second-order valence-electron chi connectivity index (χ2n) is 2.25. The highest BCUT2D eigenvalue weighted by Crippen LogP contribution is 2.08. The van der Waals surface area contributed by atoms with Crippen molar-refractivity contribution in [3.8, 4) is 0 Å². The second kappa shape index (κ2) is 3.34. The van der Waals surface area contributed by atoms with Gasteiger partial charge in [-0.2, -0.15) is 0 Å². The molecule has 1 aromatic heterocycles. The van der Waals surface area contributed by atoms with Gasteiger partial charge in [0, 0.05) is 6.42 Å². The summed E-state index contributed by atoms with van der Waals surface area (Å²) in [6.45, 7) is 1.98. The van der Waals surface area contributed by atoms with E-state index in [0.717, 1.165) is 12.2 Å². The fraction of sp³-hybridized carbons (Fsp3) is 0.375. The molecule has 0 atom stereocenters. The van der Waals surface area contributed by atoms with Crippen LogP contribution in [0.2, 0.25) is 0 Å². The average Bonchev–Trinajstić information content (AvgIpc) is 2.50. The monoisotopic (exact) mass is 153 g/mol. The molecule has 0 unspecified atom stereocenters. The highest BCUT2D eigenvalue weighted by atomic mass is 16.3. The van der Waals surface area contributed by atoms with Gasteiger partial charge in [0.05, 0.1) is 6.54 Å². The summed E-state index contributed by atoms with van der Waals surface area (Å²) in [7, 11) is 0. The normalized spacial score (nSPS) is 10.0. The lowest BCUT2D eigenvalue weighted by molar-refractivity contribution is 0.0973. The molecule has 0 bridgehead atoms. The first kappa shape index (κ1) is 8.01. The fourth-order valence-electron chi connectivity index (χ4n) is 0.818. The van der Waals surface area contributed by atoms with Crippen LogP contribution in [0.4, 0.5) is 0 Å². The minimum atomic E-state index is -0.148. The molecule has 2 N–H and O–H groups in total. The fourth-order valence-corrected chi connectivity index (χ4v) is 0.818. The molecule has 3 nitrogen and oxygen atoms in total. The third-order valence-electron chi connectivity index (χ3n) is 1.47. The number of carbonyl (C=O) groups excluding carboxylic acids is 1. The lowest BCUT2D eigenvalue weighted by Gasteiger charge is -1.90. The Kier molecular flexibility index (Phi) is 2.44. The number of hydrogen-bond acceptors (Lipinski definition) is 3. The van der Waals surface area contributed by atoms with Crippen molar-refractivity contribution in [3.63, 3.8) is 0 Å². The van der Waals surface area contributed by atoms with Crippen LogP contribution >= 0.6 is 0 Å². The highest BCUT2D eigenvalue weighted by molar-refractivity contribution is 5.94. The summed E-state index contributed by atoms with van der Waals surface area (Å²) in [5, 5.41) is 0. The van der Waals surface area contributed by atoms with Crippen LogP contribution in [0, 0.1) is 0 Å². The van der Waals surface area contributed by atoms with Crippen molar-refractivity contribution in [2.75, 3.05) is 6.54 Å². The van der Waals surface area contributed by atoms with Gasteiger partial charge in [-0.25, -0.2) is 0 Å². The van der Waals surface area contributed by atoms with Crippen LogP contribution in [0.25, 0.3) is 0 Å². The Morgan fingerprint density at radius 2 is 2.36 bits per heavy atom. The minimum absolute atomic E-state index is 0.0106. The highest BCUT2D eigenvalue weighted by Gasteiger charge is 2.07. The van der Waals surface area contributed by atoms with E-state index in [1.807, 2.05) is 6.92 Å². The summed E-state index contributed by atoms with van der Waals surface area (Å²) < 4.78 is 5.16. The maximum Gasteiger partial charge on any atom is 0.211 e. The number of furan rings is 1. The SMILES string of the molecule is CCc1ccc(C(=O)CN)o1. The molecule has 3 heteroatoms. The molecular weight excluding hydrogens is 142 g/mol. The molecule has 1 rings (SSSR count). The summed E-state index contributed by atoms with van der Waals surface area (Å²) in [4.78, 5) is 10.9. The number of rotatable bonds is 3. The standard InChI is InChI=1S/C8H11NO2/c1-2-6-3-4-8(11-6)7(10)5-9/h3-4H,2,5,9H2,1H3. The van der Waals surface area contributed by atoms with Gasteiger partial charge >= 0.3 is 0 Å². The number of carbonyl (C=O) groups is 1. The van der Waals surface area contributed by atoms with Gasteiger partial charge in [0.15, 0.2) is 5.76 Å². The van der Waals surface area contributed by atoms with Gasteiger partial charge in [-0.15, -0.1) is 0 Å². The Morgan fingerprint density at radius 3 is 2.82 bits per heavy atom. The Hall–Kier alpha value is -1.09. The summed E-state index contributed by atoms with van der Waals surface area (Å²) in [6, 6.07) is 3.46. The largest absolute Gasteiger partial charge is 0.458 e. The van der Waals surface area contributed by atoms with E-state index < -0.39 is 0 Å². The van der Waals surface area contributed by atoms with Crippen molar-refractivity contribution in [1.29, 1.82) is 0 Å². The van der Waals surface area contributed by atoms with Crippen LogP contribution in [0.15, 0.2) is 16.5 Å². The maximum atomic E-state index is 10.9. The molecule has 11 heavy (non-hydrogen) atoms. The van der Waals surface area contributed by atoms with E-state index in [2.05, 4.69) is 0 Å². The van der Waals surface area contributed by atoms with Gasteiger partial charge in [-0.3, -0.25) is 4.79 Å². The molecule has 1 heterocycles. The summed E-state index contributed by atoms with van der Waals surface area (Å²) in [5.41, 5.74) is 5.15. The summed E-state index contributed by atoms with van der Waals surface area (Å²) in [6.07, 6.45) is 0.803. The van der Waals surface area contributed by atoms with E-state index in [1.54, 1.807) is 12.1 Å². The molecule has 0 radical (unpaired) electrons. The molecule has 0 fully saturated rings. The van der Waals surface area contributed by atoms with Crippen LogP contribution < -0.4 is 5.73 Å². The Morgan fingerprint density at radius 1 is 1.64 bits per heavy atom. The van der Waals surface area contributed by atoms with Gasteiger partial charge < -0.3 is 10.2 Å². The second-order valence-corrected chi connectivity index (χ2v) is 2.25. The predicted octanol–water partition coefficient (Wildman–Crippen LogP) is 0.983.